The summed E-state index contributed by atoms with van der Waals surface area (Å²) in [6.07, 6.45) is 0.810. The number of carboxylic acid groups (broad SMARTS) is 1. The molecule has 15 heavy (non-hydrogen) atoms. The Labute approximate surface area is 92.5 Å². The number of hydrogen-bond acceptors (Lipinski definition) is 2. The second kappa shape index (κ2) is 4.12. The average molecular weight is 213 g/mol. The van der Waals surface area contributed by atoms with Crippen molar-refractivity contribution < 1.29 is 9.90 Å². The van der Waals surface area contributed by atoms with Crippen molar-refractivity contribution >= 4 is 5.97 Å². The second-order valence-corrected chi connectivity index (χ2v) is 5.92. The third kappa shape index (κ3) is 2.71. The molecule has 1 aliphatic rings. The second-order valence-electron chi connectivity index (χ2n) is 5.92. The molecule has 1 fully saturated rings. The summed E-state index contributed by atoms with van der Waals surface area (Å²) in [5.41, 5.74) is 0.197. The van der Waals surface area contributed by atoms with E-state index in [1.54, 1.807) is 0 Å². The maximum absolute atomic E-state index is 11.2. The summed E-state index contributed by atoms with van der Waals surface area (Å²) < 4.78 is 0. The molecule has 1 rings (SSSR count). The maximum atomic E-state index is 11.2. The zero-order valence-electron chi connectivity index (χ0n) is 10.4. The van der Waals surface area contributed by atoms with E-state index in [4.69, 9.17) is 0 Å². The average Bonchev–Trinajstić information content (AvgIpc) is 2.06. The number of hydrogen-bond donors (Lipinski definition) is 1. The first-order valence-corrected chi connectivity index (χ1v) is 5.66. The van der Waals surface area contributed by atoms with Gasteiger partial charge < -0.3 is 10.0 Å². The molecule has 3 heteroatoms. The van der Waals surface area contributed by atoms with Crippen LogP contribution in [0.3, 0.4) is 0 Å². The van der Waals surface area contributed by atoms with Gasteiger partial charge in [-0.15, -0.1) is 0 Å². The Balaban J connectivity index is 2.80. The molecular formula is C12H23NO2. The van der Waals surface area contributed by atoms with E-state index >= 15 is 0 Å². The summed E-state index contributed by atoms with van der Waals surface area (Å²) >= 11 is 0. The van der Waals surface area contributed by atoms with Gasteiger partial charge in [-0.25, -0.2) is 0 Å². The molecule has 0 aromatic rings. The van der Waals surface area contributed by atoms with Crippen LogP contribution in [0.1, 0.15) is 34.1 Å². The lowest BCUT2D eigenvalue weighted by molar-refractivity contribution is -0.147. The molecule has 0 aromatic carbocycles. The van der Waals surface area contributed by atoms with E-state index in [1.807, 2.05) is 14.0 Å². The Morgan fingerprint density at radius 3 is 2.33 bits per heavy atom. The van der Waals surface area contributed by atoms with Crippen molar-refractivity contribution in [1.82, 2.24) is 4.90 Å². The summed E-state index contributed by atoms with van der Waals surface area (Å²) in [6.45, 7) is 9.60. The predicted molar refractivity (Wildman–Crippen MR) is 60.8 cm³/mol. The molecule has 0 bridgehead atoms. The fourth-order valence-electron chi connectivity index (χ4n) is 2.33. The van der Waals surface area contributed by atoms with Crippen LogP contribution < -0.4 is 0 Å². The van der Waals surface area contributed by atoms with Crippen molar-refractivity contribution in [2.75, 3.05) is 13.6 Å². The topological polar surface area (TPSA) is 40.5 Å². The molecule has 3 unspecified atom stereocenters. The van der Waals surface area contributed by atoms with Crippen molar-refractivity contribution in [1.29, 1.82) is 0 Å². The Bertz CT molecular complexity index is 244. The van der Waals surface area contributed by atoms with E-state index in [-0.39, 0.29) is 17.4 Å². The Morgan fingerprint density at radius 2 is 1.93 bits per heavy atom. The number of aliphatic carboxylic acids is 1. The monoisotopic (exact) mass is 213 g/mol. The number of carboxylic acids is 1. The Kier molecular flexibility index (Phi) is 3.44. The lowest BCUT2D eigenvalue weighted by Gasteiger charge is -2.44. The number of piperidine rings is 1. The molecule has 88 valence electrons. The van der Waals surface area contributed by atoms with Crippen LogP contribution in [-0.2, 0) is 4.79 Å². The number of carbonyl (C=O) groups is 1. The van der Waals surface area contributed by atoms with E-state index in [2.05, 4.69) is 25.7 Å². The van der Waals surface area contributed by atoms with Crippen molar-refractivity contribution in [2.24, 2.45) is 17.3 Å². The van der Waals surface area contributed by atoms with Gasteiger partial charge in [0.25, 0.3) is 0 Å². The normalized spacial score (nSPS) is 34.1. The fourth-order valence-corrected chi connectivity index (χ4v) is 2.33. The van der Waals surface area contributed by atoms with Gasteiger partial charge in [0.2, 0.25) is 0 Å². The van der Waals surface area contributed by atoms with Crippen LogP contribution in [0.5, 0.6) is 0 Å². The Hall–Kier alpha value is -0.570. The molecule has 0 saturated carbocycles. The summed E-state index contributed by atoms with van der Waals surface area (Å²) in [7, 11) is 2.03. The molecule has 3 nitrogen and oxygen atoms in total. The zero-order valence-corrected chi connectivity index (χ0v) is 10.4. The fraction of sp³-hybridized carbons (Fsp3) is 0.917. The van der Waals surface area contributed by atoms with Crippen LogP contribution in [-0.4, -0.2) is 35.6 Å². The lowest BCUT2D eigenvalue weighted by atomic mass is 9.71. The lowest BCUT2D eigenvalue weighted by Crippen LogP contribution is -2.50. The van der Waals surface area contributed by atoms with Crippen LogP contribution in [0.4, 0.5) is 0 Å². The third-order valence-corrected chi connectivity index (χ3v) is 3.87. The number of likely N-dealkylation sites (tertiary alicyclic amines) is 1. The minimum atomic E-state index is -0.650. The minimum Gasteiger partial charge on any atom is -0.481 e. The molecule has 3 atom stereocenters. The van der Waals surface area contributed by atoms with Gasteiger partial charge in [-0.2, -0.15) is 0 Å². The quantitative estimate of drug-likeness (QED) is 0.725. The van der Waals surface area contributed by atoms with Gasteiger partial charge in [-0.3, -0.25) is 4.79 Å². The highest BCUT2D eigenvalue weighted by Crippen LogP contribution is 2.37. The minimum absolute atomic E-state index is 0.154. The summed E-state index contributed by atoms with van der Waals surface area (Å²) in [5.74, 6) is -0.393. The van der Waals surface area contributed by atoms with Crippen LogP contribution in [0.25, 0.3) is 0 Å². The van der Waals surface area contributed by atoms with Gasteiger partial charge >= 0.3 is 5.97 Å². The number of nitrogens with zero attached hydrogens (tertiary/aromatic N) is 1. The first-order chi connectivity index (χ1) is 6.73. The molecule has 0 aromatic heterocycles. The predicted octanol–water partition coefficient (Wildman–Crippen LogP) is 2.07. The van der Waals surface area contributed by atoms with Gasteiger partial charge in [0.1, 0.15) is 0 Å². The van der Waals surface area contributed by atoms with E-state index < -0.39 is 5.97 Å². The first kappa shape index (κ1) is 12.5. The van der Waals surface area contributed by atoms with Gasteiger partial charge in [0.05, 0.1) is 5.92 Å². The Morgan fingerprint density at radius 1 is 1.40 bits per heavy atom. The highest BCUT2D eigenvalue weighted by Gasteiger charge is 2.39. The highest BCUT2D eigenvalue weighted by atomic mass is 16.4. The molecule has 0 amide bonds. The third-order valence-electron chi connectivity index (χ3n) is 3.87. The summed E-state index contributed by atoms with van der Waals surface area (Å²) in [6, 6.07) is 0.154. The van der Waals surface area contributed by atoms with Crippen LogP contribution in [0.2, 0.25) is 0 Å². The molecule has 1 heterocycles. The summed E-state index contributed by atoms with van der Waals surface area (Å²) in [4.78, 5) is 13.3. The van der Waals surface area contributed by atoms with Crippen molar-refractivity contribution in [3.63, 3.8) is 0 Å². The largest absolute Gasteiger partial charge is 0.481 e. The molecule has 1 aliphatic heterocycles. The van der Waals surface area contributed by atoms with Crippen LogP contribution >= 0.6 is 0 Å². The van der Waals surface area contributed by atoms with E-state index in [0.29, 0.717) is 5.92 Å². The van der Waals surface area contributed by atoms with Crippen LogP contribution in [0, 0.1) is 17.3 Å². The summed E-state index contributed by atoms with van der Waals surface area (Å²) in [5, 5.41) is 9.18. The molecule has 0 radical (unpaired) electrons. The number of rotatable bonds is 1. The van der Waals surface area contributed by atoms with Crippen LogP contribution in [0.15, 0.2) is 0 Å². The van der Waals surface area contributed by atoms with Crippen molar-refractivity contribution in [2.45, 2.75) is 40.2 Å². The van der Waals surface area contributed by atoms with Gasteiger partial charge in [0.15, 0.2) is 0 Å². The molecule has 0 spiro atoms. The molecule has 0 aliphatic carbocycles. The molecule has 1 saturated heterocycles. The first-order valence-electron chi connectivity index (χ1n) is 5.66. The van der Waals surface area contributed by atoms with E-state index in [0.717, 1.165) is 13.0 Å². The smallest absolute Gasteiger partial charge is 0.308 e. The molecule has 1 N–H and O–H groups in total. The zero-order chi connectivity index (χ0) is 11.8. The molecular weight excluding hydrogens is 190 g/mol. The highest BCUT2D eigenvalue weighted by molar-refractivity contribution is 5.71. The maximum Gasteiger partial charge on any atom is 0.308 e. The van der Waals surface area contributed by atoms with E-state index in [1.165, 1.54) is 0 Å². The van der Waals surface area contributed by atoms with E-state index in [9.17, 15) is 9.90 Å². The van der Waals surface area contributed by atoms with Gasteiger partial charge in [0, 0.05) is 12.6 Å². The SMILES string of the molecule is CC1C(C(=O)O)CC(C(C)(C)C)CN1C. The van der Waals surface area contributed by atoms with Gasteiger partial charge in [-0.05, 0) is 31.7 Å². The van der Waals surface area contributed by atoms with Crippen molar-refractivity contribution in [3.8, 4) is 0 Å². The van der Waals surface area contributed by atoms with Crippen molar-refractivity contribution in [3.05, 3.63) is 0 Å². The standard InChI is InChI=1S/C12H23NO2/c1-8-10(11(14)15)6-9(7-13(8)5)12(2,3)4/h8-10H,6-7H2,1-5H3,(H,14,15). The van der Waals surface area contributed by atoms with Gasteiger partial charge in [-0.1, -0.05) is 20.8 Å².